The van der Waals surface area contributed by atoms with Gasteiger partial charge in [0.05, 0.1) is 19.3 Å². The Kier molecular flexibility index (Phi) is 5.59. The fourth-order valence-corrected chi connectivity index (χ4v) is 4.78. The summed E-state index contributed by atoms with van der Waals surface area (Å²) in [4.78, 5) is 23.0. The minimum atomic E-state index is 0.0331. The van der Waals surface area contributed by atoms with Gasteiger partial charge in [-0.25, -0.2) is 4.98 Å². The van der Waals surface area contributed by atoms with Crippen LogP contribution in [0.4, 0.5) is 0 Å². The third kappa shape index (κ3) is 4.42. The average molecular weight is 388 g/mol. The molecule has 0 saturated carbocycles. The maximum absolute atomic E-state index is 12.4. The minimum absolute atomic E-state index is 0.0331. The van der Waals surface area contributed by atoms with E-state index in [-0.39, 0.29) is 12.5 Å². The molecule has 1 saturated heterocycles. The van der Waals surface area contributed by atoms with E-state index in [0.717, 1.165) is 44.9 Å². The zero-order chi connectivity index (χ0) is 18.6. The van der Waals surface area contributed by atoms with Crippen molar-refractivity contribution in [3.05, 3.63) is 39.8 Å². The molecule has 0 radical (unpaired) electrons. The van der Waals surface area contributed by atoms with Crippen molar-refractivity contribution >= 4 is 17.2 Å². The highest BCUT2D eigenvalue weighted by molar-refractivity contribution is 7.11. The van der Waals surface area contributed by atoms with Crippen LogP contribution in [0.15, 0.2) is 24.3 Å². The van der Waals surface area contributed by atoms with E-state index in [1.807, 2.05) is 34.4 Å². The molecular weight excluding hydrogens is 362 g/mol. The predicted octanol–water partition coefficient (Wildman–Crippen LogP) is 2.36. The number of hydrogen-bond acceptors (Lipinski definition) is 6. The zero-order valence-electron chi connectivity index (χ0n) is 15.6. The summed E-state index contributed by atoms with van der Waals surface area (Å²) in [7, 11) is 1.61. The Morgan fingerprint density at radius 2 is 2.00 bits per heavy atom. The van der Waals surface area contributed by atoms with Crippen LogP contribution in [0.25, 0.3) is 0 Å². The van der Waals surface area contributed by atoms with Crippen molar-refractivity contribution in [2.75, 3.05) is 39.9 Å². The van der Waals surface area contributed by atoms with E-state index in [2.05, 4.69) is 4.90 Å². The van der Waals surface area contributed by atoms with Gasteiger partial charge in [-0.05, 0) is 31.4 Å². The number of ether oxygens (including phenoxy) is 2. The lowest BCUT2D eigenvalue weighted by Gasteiger charge is -2.34. The minimum Gasteiger partial charge on any atom is -0.497 e. The van der Waals surface area contributed by atoms with Crippen LogP contribution in [0, 0.1) is 0 Å². The lowest BCUT2D eigenvalue weighted by atomic mass is 10.3. The lowest BCUT2D eigenvalue weighted by Crippen LogP contribution is -2.49. The molecule has 2 aliphatic rings. The monoisotopic (exact) mass is 387 g/mol. The van der Waals surface area contributed by atoms with Crippen molar-refractivity contribution in [3.8, 4) is 11.5 Å². The molecular formula is C20H25N3O3S. The number of amides is 1. The fraction of sp³-hybridized carbons (Fsp3) is 0.500. The van der Waals surface area contributed by atoms with E-state index >= 15 is 0 Å². The number of methoxy groups -OCH3 is 1. The van der Waals surface area contributed by atoms with Gasteiger partial charge in [0.2, 0.25) is 0 Å². The quantitative estimate of drug-likeness (QED) is 0.762. The summed E-state index contributed by atoms with van der Waals surface area (Å²) in [5, 5.41) is 1.22. The van der Waals surface area contributed by atoms with Gasteiger partial charge in [0, 0.05) is 37.1 Å². The van der Waals surface area contributed by atoms with Crippen LogP contribution in [0.1, 0.15) is 22.0 Å². The van der Waals surface area contributed by atoms with Gasteiger partial charge in [-0.15, -0.1) is 11.3 Å². The molecule has 1 aromatic carbocycles. The number of piperazine rings is 1. The second kappa shape index (κ2) is 8.27. The Balaban J connectivity index is 1.22. The first-order valence-corrected chi connectivity index (χ1v) is 10.3. The summed E-state index contributed by atoms with van der Waals surface area (Å²) < 4.78 is 10.8. The third-order valence-electron chi connectivity index (χ3n) is 5.13. The first kappa shape index (κ1) is 18.3. The molecule has 27 heavy (non-hydrogen) atoms. The molecule has 2 aromatic rings. The molecule has 1 amide bonds. The van der Waals surface area contributed by atoms with Crippen LogP contribution in [-0.2, 0) is 24.2 Å². The Morgan fingerprint density at radius 1 is 1.19 bits per heavy atom. The van der Waals surface area contributed by atoms with E-state index in [9.17, 15) is 4.79 Å². The van der Waals surface area contributed by atoms with Gasteiger partial charge in [0.15, 0.2) is 6.61 Å². The Hall–Kier alpha value is -2.12. The number of aromatic nitrogens is 1. The summed E-state index contributed by atoms with van der Waals surface area (Å²) in [6.45, 7) is 4.22. The second-order valence-electron chi connectivity index (χ2n) is 6.96. The highest BCUT2D eigenvalue weighted by Gasteiger charge is 2.23. The summed E-state index contributed by atoms with van der Waals surface area (Å²) in [6.07, 6.45) is 3.59. The van der Waals surface area contributed by atoms with Crippen molar-refractivity contribution in [1.82, 2.24) is 14.8 Å². The van der Waals surface area contributed by atoms with Crippen molar-refractivity contribution in [3.63, 3.8) is 0 Å². The molecule has 1 aromatic heterocycles. The van der Waals surface area contributed by atoms with Crippen LogP contribution in [-0.4, -0.2) is 60.6 Å². The van der Waals surface area contributed by atoms with Gasteiger partial charge in [0.25, 0.3) is 5.91 Å². The number of nitrogens with zero attached hydrogens (tertiary/aromatic N) is 3. The van der Waals surface area contributed by atoms with E-state index in [0.29, 0.717) is 5.75 Å². The number of aryl methyl sites for hydroxylation is 2. The Morgan fingerprint density at radius 3 is 2.78 bits per heavy atom. The van der Waals surface area contributed by atoms with Crippen LogP contribution in [0.2, 0.25) is 0 Å². The first-order valence-electron chi connectivity index (χ1n) is 9.46. The number of fused-ring (bicyclic) bond motifs is 1. The summed E-state index contributed by atoms with van der Waals surface area (Å²) in [6, 6.07) is 7.33. The maximum atomic E-state index is 12.4. The molecule has 7 heteroatoms. The van der Waals surface area contributed by atoms with Gasteiger partial charge in [0.1, 0.15) is 16.5 Å². The standard InChI is InChI=1S/C20H25N3O3S/c1-25-15-4-2-5-16(12-15)26-14-20(24)23-10-8-22(9-11-23)13-19-21-17-6-3-7-18(17)27-19/h2,4-5,12H,3,6-11,13-14H2,1H3. The highest BCUT2D eigenvalue weighted by atomic mass is 32.1. The molecule has 6 nitrogen and oxygen atoms in total. The molecule has 0 atom stereocenters. The van der Waals surface area contributed by atoms with E-state index < -0.39 is 0 Å². The summed E-state index contributed by atoms with van der Waals surface area (Å²) >= 11 is 1.87. The molecule has 1 aliphatic heterocycles. The predicted molar refractivity (Wildman–Crippen MR) is 104 cm³/mol. The first-order chi connectivity index (χ1) is 13.2. The fourth-order valence-electron chi connectivity index (χ4n) is 3.59. The van der Waals surface area contributed by atoms with Gasteiger partial charge >= 0.3 is 0 Å². The summed E-state index contributed by atoms with van der Waals surface area (Å²) in [5.74, 6) is 1.41. The van der Waals surface area contributed by atoms with Crippen LogP contribution < -0.4 is 9.47 Å². The molecule has 1 aliphatic carbocycles. The number of rotatable bonds is 6. The number of thiazole rings is 1. The van der Waals surface area contributed by atoms with Crippen molar-refractivity contribution < 1.29 is 14.3 Å². The largest absolute Gasteiger partial charge is 0.497 e. The number of benzene rings is 1. The topological polar surface area (TPSA) is 54.9 Å². The van der Waals surface area contributed by atoms with Crippen LogP contribution in [0.3, 0.4) is 0 Å². The third-order valence-corrected chi connectivity index (χ3v) is 6.27. The van der Waals surface area contributed by atoms with Crippen molar-refractivity contribution in [2.45, 2.75) is 25.8 Å². The van der Waals surface area contributed by atoms with Crippen LogP contribution in [0.5, 0.6) is 11.5 Å². The number of carbonyl (C=O) groups excluding carboxylic acids is 1. The molecule has 0 unspecified atom stereocenters. The van der Waals surface area contributed by atoms with Crippen LogP contribution >= 0.6 is 11.3 Å². The second-order valence-corrected chi connectivity index (χ2v) is 8.12. The number of hydrogen-bond donors (Lipinski definition) is 0. The van der Waals surface area contributed by atoms with Gasteiger partial charge in [-0.2, -0.15) is 0 Å². The smallest absolute Gasteiger partial charge is 0.260 e. The maximum Gasteiger partial charge on any atom is 0.260 e. The van der Waals surface area contributed by atoms with Gasteiger partial charge in [-0.3, -0.25) is 9.69 Å². The SMILES string of the molecule is COc1cccc(OCC(=O)N2CCN(Cc3nc4c(s3)CCC4)CC2)c1. The lowest BCUT2D eigenvalue weighted by molar-refractivity contribution is -0.135. The molecule has 1 fully saturated rings. The molecule has 0 N–H and O–H groups in total. The van der Waals surface area contributed by atoms with E-state index in [4.69, 9.17) is 14.5 Å². The van der Waals surface area contributed by atoms with E-state index in [1.54, 1.807) is 13.2 Å². The number of carbonyl (C=O) groups is 1. The zero-order valence-corrected chi connectivity index (χ0v) is 16.5. The Labute approximate surface area is 163 Å². The average Bonchev–Trinajstić information content (AvgIpc) is 3.28. The summed E-state index contributed by atoms with van der Waals surface area (Å²) in [5.41, 5.74) is 1.32. The van der Waals surface area contributed by atoms with E-state index in [1.165, 1.54) is 28.4 Å². The van der Waals surface area contributed by atoms with Gasteiger partial charge < -0.3 is 14.4 Å². The Bertz CT molecular complexity index is 778. The van der Waals surface area contributed by atoms with Crippen molar-refractivity contribution in [2.24, 2.45) is 0 Å². The normalized spacial score (nSPS) is 17.0. The van der Waals surface area contributed by atoms with Gasteiger partial charge in [-0.1, -0.05) is 6.07 Å². The molecule has 0 spiro atoms. The molecule has 2 heterocycles. The molecule has 4 rings (SSSR count). The van der Waals surface area contributed by atoms with Crippen molar-refractivity contribution in [1.29, 1.82) is 0 Å². The molecule has 144 valence electrons. The molecule has 0 bridgehead atoms. The highest BCUT2D eigenvalue weighted by Crippen LogP contribution is 2.28.